The van der Waals surface area contributed by atoms with Crippen LogP contribution in [0, 0.1) is 11.7 Å². The Hall–Kier alpha value is -3.95. The summed E-state index contributed by atoms with van der Waals surface area (Å²) in [4.78, 5) is 50.4. The molecular weight excluding hydrogens is 445 g/mol. The van der Waals surface area contributed by atoms with Gasteiger partial charge in [-0.25, -0.2) is 14.0 Å². The average molecular weight is 471 g/mol. The van der Waals surface area contributed by atoms with Crippen LogP contribution in [0.15, 0.2) is 42.5 Å². The van der Waals surface area contributed by atoms with Crippen LogP contribution in [-0.4, -0.2) is 54.0 Å². The molecule has 0 unspecified atom stereocenters. The summed E-state index contributed by atoms with van der Waals surface area (Å²) in [5, 5.41) is 14.4. The SMILES string of the molecule is CC[C@@H](NC(=O)N1CC(=O)NC[C@@H](Cc2cc(F)ccc2OC)C1=O)c1ccc(C(=O)O)cc1. The molecule has 0 aromatic heterocycles. The van der Waals surface area contributed by atoms with Crippen molar-refractivity contribution >= 4 is 23.8 Å². The van der Waals surface area contributed by atoms with Gasteiger partial charge in [0.25, 0.3) is 0 Å². The van der Waals surface area contributed by atoms with Gasteiger partial charge in [-0.1, -0.05) is 19.1 Å². The molecule has 1 saturated heterocycles. The number of ether oxygens (including phenoxy) is 1. The van der Waals surface area contributed by atoms with E-state index in [4.69, 9.17) is 9.84 Å². The Morgan fingerprint density at radius 2 is 1.94 bits per heavy atom. The number of carbonyl (C=O) groups is 4. The molecule has 2 aromatic carbocycles. The number of halogens is 1. The Morgan fingerprint density at radius 1 is 1.24 bits per heavy atom. The number of carbonyl (C=O) groups excluding carboxylic acids is 3. The normalized spacial score (nSPS) is 16.9. The molecule has 0 radical (unpaired) electrons. The summed E-state index contributed by atoms with van der Waals surface area (Å²) in [6.45, 7) is 1.37. The smallest absolute Gasteiger partial charge is 0.335 e. The molecule has 1 heterocycles. The maximum atomic E-state index is 13.8. The Balaban J connectivity index is 1.79. The molecule has 3 rings (SSSR count). The molecule has 10 heteroatoms. The fraction of sp³-hybridized carbons (Fsp3) is 0.333. The molecule has 3 N–H and O–H groups in total. The minimum atomic E-state index is -1.06. The van der Waals surface area contributed by atoms with Gasteiger partial charge in [0.05, 0.1) is 24.6 Å². The van der Waals surface area contributed by atoms with Gasteiger partial charge < -0.3 is 20.5 Å². The highest BCUT2D eigenvalue weighted by Crippen LogP contribution is 2.24. The van der Waals surface area contributed by atoms with Crippen LogP contribution in [0.2, 0.25) is 0 Å². The first kappa shape index (κ1) is 24.7. The van der Waals surface area contributed by atoms with Crippen molar-refractivity contribution in [3.05, 3.63) is 65.0 Å². The van der Waals surface area contributed by atoms with Gasteiger partial charge in [0.2, 0.25) is 11.8 Å². The number of hydrogen-bond acceptors (Lipinski definition) is 5. The lowest BCUT2D eigenvalue weighted by Gasteiger charge is -2.25. The lowest BCUT2D eigenvalue weighted by Crippen LogP contribution is -2.48. The number of imide groups is 1. The zero-order valence-corrected chi connectivity index (χ0v) is 18.8. The maximum absolute atomic E-state index is 13.8. The van der Waals surface area contributed by atoms with Crippen molar-refractivity contribution < 1.29 is 33.4 Å². The zero-order chi connectivity index (χ0) is 24.8. The minimum Gasteiger partial charge on any atom is -0.496 e. The predicted molar refractivity (Wildman–Crippen MR) is 120 cm³/mol. The molecule has 0 saturated carbocycles. The summed E-state index contributed by atoms with van der Waals surface area (Å²) in [5.41, 5.74) is 1.22. The van der Waals surface area contributed by atoms with E-state index in [9.17, 15) is 23.6 Å². The largest absolute Gasteiger partial charge is 0.496 e. The molecule has 2 atom stereocenters. The van der Waals surface area contributed by atoms with Gasteiger partial charge in [0.15, 0.2) is 0 Å². The number of urea groups is 1. The number of carboxylic acid groups (broad SMARTS) is 1. The number of rotatable bonds is 7. The van der Waals surface area contributed by atoms with Crippen molar-refractivity contribution in [1.82, 2.24) is 15.5 Å². The number of amides is 4. The summed E-state index contributed by atoms with van der Waals surface area (Å²) in [7, 11) is 1.43. The van der Waals surface area contributed by atoms with E-state index in [1.807, 2.05) is 6.92 Å². The van der Waals surface area contributed by atoms with Gasteiger partial charge in [-0.15, -0.1) is 0 Å². The standard InChI is InChI=1S/C24H26FN3O6/c1-3-19(14-4-6-15(7-5-14)23(31)32)27-24(33)28-13-21(29)26-12-17(22(28)30)10-16-11-18(25)8-9-20(16)34-2/h4-9,11,17,19H,3,10,12-13H2,1-2H3,(H,26,29)(H,27,33)(H,31,32)/t17-,19-/m1/s1. The van der Waals surface area contributed by atoms with Crippen molar-refractivity contribution in [3.8, 4) is 5.75 Å². The van der Waals surface area contributed by atoms with E-state index < -0.39 is 48.1 Å². The van der Waals surface area contributed by atoms with Crippen molar-refractivity contribution in [2.24, 2.45) is 5.92 Å². The van der Waals surface area contributed by atoms with Crippen molar-refractivity contribution in [1.29, 1.82) is 0 Å². The van der Waals surface area contributed by atoms with E-state index >= 15 is 0 Å². The fourth-order valence-electron chi connectivity index (χ4n) is 3.83. The topological polar surface area (TPSA) is 125 Å². The zero-order valence-electron chi connectivity index (χ0n) is 18.8. The highest BCUT2D eigenvalue weighted by molar-refractivity contribution is 6.00. The Bertz CT molecular complexity index is 1090. The van der Waals surface area contributed by atoms with Crippen LogP contribution < -0.4 is 15.4 Å². The van der Waals surface area contributed by atoms with E-state index in [-0.39, 0.29) is 18.5 Å². The molecule has 180 valence electrons. The molecule has 2 aromatic rings. The first-order chi connectivity index (χ1) is 16.2. The summed E-state index contributed by atoms with van der Waals surface area (Å²) in [6.07, 6.45) is 0.536. The minimum absolute atomic E-state index is 0.00499. The summed E-state index contributed by atoms with van der Waals surface area (Å²) in [6, 6.07) is 8.75. The fourth-order valence-corrected chi connectivity index (χ4v) is 3.83. The third-order valence-corrected chi connectivity index (χ3v) is 5.68. The number of nitrogens with one attached hydrogen (secondary N) is 2. The highest BCUT2D eigenvalue weighted by atomic mass is 19.1. The van der Waals surface area contributed by atoms with Crippen LogP contribution >= 0.6 is 0 Å². The molecule has 0 bridgehead atoms. The average Bonchev–Trinajstić information content (AvgIpc) is 2.96. The predicted octanol–water partition coefficient (Wildman–Crippen LogP) is 2.51. The van der Waals surface area contributed by atoms with Crippen molar-refractivity contribution in [2.75, 3.05) is 20.2 Å². The Labute approximate surface area is 195 Å². The maximum Gasteiger partial charge on any atom is 0.335 e. The quantitative estimate of drug-likeness (QED) is 0.570. The molecule has 4 amide bonds. The van der Waals surface area contributed by atoms with Gasteiger partial charge in [0.1, 0.15) is 18.1 Å². The number of aromatic carboxylic acids is 1. The summed E-state index contributed by atoms with van der Waals surface area (Å²) < 4.78 is 19.0. The van der Waals surface area contributed by atoms with Gasteiger partial charge in [-0.05, 0) is 54.3 Å². The van der Waals surface area contributed by atoms with E-state index in [0.29, 0.717) is 23.3 Å². The van der Waals surface area contributed by atoms with Gasteiger partial charge >= 0.3 is 12.0 Å². The molecule has 0 spiro atoms. The van der Waals surface area contributed by atoms with Gasteiger partial charge in [-0.2, -0.15) is 0 Å². The van der Waals surface area contributed by atoms with E-state index in [2.05, 4.69) is 10.6 Å². The van der Waals surface area contributed by atoms with Gasteiger partial charge in [0, 0.05) is 6.54 Å². The Morgan fingerprint density at radius 3 is 2.56 bits per heavy atom. The number of nitrogens with zero attached hydrogens (tertiary/aromatic N) is 1. The third-order valence-electron chi connectivity index (χ3n) is 5.68. The van der Waals surface area contributed by atoms with Crippen LogP contribution in [0.4, 0.5) is 9.18 Å². The van der Waals surface area contributed by atoms with Gasteiger partial charge in [-0.3, -0.25) is 14.5 Å². The number of methoxy groups -OCH3 is 1. The first-order valence-corrected chi connectivity index (χ1v) is 10.8. The second-order valence-electron chi connectivity index (χ2n) is 7.92. The molecular formula is C24H26FN3O6. The molecule has 1 aliphatic rings. The lowest BCUT2D eigenvalue weighted by atomic mass is 9.97. The molecule has 34 heavy (non-hydrogen) atoms. The monoisotopic (exact) mass is 471 g/mol. The molecule has 1 aliphatic heterocycles. The Kier molecular flexibility index (Phi) is 7.83. The summed E-state index contributed by atoms with van der Waals surface area (Å²) >= 11 is 0. The second kappa shape index (κ2) is 10.8. The lowest BCUT2D eigenvalue weighted by molar-refractivity contribution is -0.133. The first-order valence-electron chi connectivity index (χ1n) is 10.8. The number of benzene rings is 2. The van der Waals surface area contributed by atoms with E-state index in [0.717, 1.165) is 4.90 Å². The van der Waals surface area contributed by atoms with Crippen LogP contribution in [0.5, 0.6) is 5.75 Å². The molecule has 1 fully saturated rings. The third kappa shape index (κ3) is 5.69. The van der Waals surface area contributed by atoms with Crippen molar-refractivity contribution in [3.63, 3.8) is 0 Å². The second-order valence-corrected chi connectivity index (χ2v) is 7.92. The molecule has 0 aliphatic carbocycles. The molecule has 9 nitrogen and oxygen atoms in total. The van der Waals surface area contributed by atoms with Crippen LogP contribution in [0.1, 0.15) is 40.9 Å². The van der Waals surface area contributed by atoms with E-state index in [1.165, 1.54) is 37.4 Å². The summed E-state index contributed by atoms with van der Waals surface area (Å²) in [5.74, 6) is -3.02. The number of carboxylic acids is 1. The highest BCUT2D eigenvalue weighted by Gasteiger charge is 2.35. The van der Waals surface area contributed by atoms with Crippen LogP contribution in [-0.2, 0) is 16.0 Å². The van der Waals surface area contributed by atoms with Crippen molar-refractivity contribution in [2.45, 2.75) is 25.8 Å². The van der Waals surface area contributed by atoms with E-state index in [1.54, 1.807) is 12.1 Å². The number of hydrogen-bond donors (Lipinski definition) is 3. The van der Waals surface area contributed by atoms with Crippen LogP contribution in [0.3, 0.4) is 0 Å². The van der Waals surface area contributed by atoms with Crippen LogP contribution in [0.25, 0.3) is 0 Å².